The quantitative estimate of drug-likeness (QED) is 0.477. The maximum atomic E-state index is 11.8. The Morgan fingerprint density at radius 2 is 2.11 bits per heavy atom. The predicted molar refractivity (Wildman–Crippen MR) is 66.2 cm³/mol. The molecule has 0 amide bonds. The molecular weight excluding hydrogens is 250 g/mol. The lowest BCUT2D eigenvalue weighted by atomic mass is 10.3. The second-order valence-corrected chi connectivity index (χ2v) is 3.61. The Hall–Kier alpha value is -2.70. The average Bonchev–Trinajstić information content (AvgIpc) is 2.85. The van der Waals surface area contributed by atoms with Crippen LogP contribution in [0.15, 0.2) is 36.4 Å². The molecule has 19 heavy (non-hydrogen) atoms. The first-order valence-corrected chi connectivity index (χ1v) is 5.60. The van der Waals surface area contributed by atoms with Crippen molar-refractivity contribution in [1.82, 2.24) is 9.78 Å². The lowest BCUT2D eigenvalue weighted by molar-refractivity contribution is -0.389. The van der Waals surface area contributed by atoms with Crippen molar-refractivity contribution in [1.29, 1.82) is 0 Å². The van der Waals surface area contributed by atoms with Gasteiger partial charge in [0.25, 0.3) is 0 Å². The zero-order valence-corrected chi connectivity index (χ0v) is 10.1. The van der Waals surface area contributed by atoms with Gasteiger partial charge in [-0.25, -0.2) is 4.79 Å². The van der Waals surface area contributed by atoms with Crippen LogP contribution in [0.2, 0.25) is 0 Å². The third-order valence-electron chi connectivity index (χ3n) is 2.37. The second-order valence-electron chi connectivity index (χ2n) is 3.61. The Bertz CT molecular complexity index is 607. The van der Waals surface area contributed by atoms with Crippen LogP contribution < -0.4 is 0 Å². The molecule has 0 bridgehead atoms. The number of carbonyl (C=O) groups is 1. The highest BCUT2D eigenvalue weighted by Crippen LogP contribution is 2.18. The number of hydrogen-bond donors (Lipinski definition) is 0. The standard InChI is InChI=1S/C12H11N3O4/c1-2-19-12(16)10-8-11(15(17)18)13-14(10)9-6-4-3-5-7-9/h3-8H,2H2,1H3. The highest BCUT2D eigenvalue weighted by atomic mass is 16.6. The van der Waals surface area contributed by atoms with Gasteiger partial charge in [0.15, 0.2) is 5.69 Å². The molecule has 7 nitrogen and oxygen atoms in total. The van der Waals surface area contributed by atoms with E-state index in [1.54, 1.807) is 37.3 Å². The Morgan fingerprint density at radius 1 is 1.42 bits per heavy atom. The summed E-state index contributed by atoms with van der Waals surface area (Å²) in [6, 6.07) is 9.78. The van der Waals surface area contributed by atoms with Gasteiger partial charge in [0, 0.05) is 0 Å². The summed E-state index contributed by atoms with van der Waals surface area (Å²) >= 11 is 0. The fourth-order valence-electron chi connectivity index (χ4n) is 1.57. The first kappa shape index (κ1) is 12.7. The number of hydrogen-bond acceptors (Lipinski definition) is 5. The second kappa shape index (κ2) is 5.30. The third kappa shape index (κ3) is 2.59. The molecule has 0 aliphatic rings. The molecule has 1 aromatic heterocycles. The fraction of sp³-hybridized carbons (Fsp3) is 0.167. The summed E-state index contributed by atoms with van der Waals surface area (Å²) < 4.78 is 6.07. The van der Waals surface area contributed by atoms with Gasteiger partial charge in [0.1, 0.15) is 0 Å². The van der Waals surface area contributed by atoms with Gasteiger partial charge >= 0.3 is 11.8 Å². The molecule has 0 unspecified atom stereocenters. The van der Waals surface area contributed by atoms with Gasteiger partial charge in [-0.3, -0.25) is 0 Å². The molecule has 98 valence electrons. The molecule has 2 aromatic rings. The molecule has 0 N–H and O–H groups in total. The van der Waals surface area contributed by atoms with Crippen LogP contribution in [0.25, 0.3) is 5.69 Å². The van der Waals surface area contributed by atoms with Gasteiger partial charge < -0.3 is 14.9 Å². The van der Waals surface area contributed by atoms with Gasteiger partial charge in [-0.15, -0.1) is 4.68 Å². The largest absolute Gasteiger partial charge is 0.461 e. The molecule has 0 fully saturated rings. The summed E-state index contributed by atoms with van der Waals surface area (Å²) in [6.07, 6.45) is 0. The number of ether oxygens (including phenoxy) is 1. The molecule has 1 heterocycles. The molecule has 0 atom stereocenters. The highest BCUT2D eigenvalue weighted by Gasteiger charge is 2.25. The number of para-hydroxylation sites is 1. The molecule has 0 radical (unpaired) electrons. The van der Waals surface area contributed by atoms with Gasteiger partial charge in [0.05, 0.1) is 23.5 Å². The van der Waals surface area contributed by atoms with E-state index in [1.165, 1.54) is 4.68 Å². The summed E-state index contributed by atoms with van der Waals surface area (Å²) in [5, 5.41) is 14.6. The number of nitrogens with zero attached hydrogens (tertiary/aromatic N) is 3. The molecule has 0 spiro atoms. The van der Waals surface area contributed by atoms with Crippen molar-refractivity contribution in [2.75, 3.05) is 6.61 Å². The summed E-state index contributed by atoms with van der Waals surface area (Å²) in [7, 11) is 0. The minimum atomic E-state index is -0.651. The van der Waals surface area contributed by atoms with Crippen molar-refractivity contribution in [3.05, 3.63) is 52.2 Å². The Kier molecular flexibility index (Phi) is 3.56. The predicted octanol–water partition coefficient (Wildman–Crippen LogP) is 1.96. The Balaban J connectivity index is 2.52. The summed E-state index contributed by atoms with van der Waals surface area (Å²) in [4.78, 5) is 21.9. The van der Waals surface area contributed by atoms with Crippen molar-refractivity contribution in [3.63, 3.8) is 0 Å². The number of carbonyl (C=O) groups excluding carboxylic acids is 1. The zero-order chi connectivity index (χ0) is 13.8. The SMILES string of the molecule is CCOC(=O)c1cc([N+](=O)[O-])nn1-c1ccccc1. The van der Waals surface area contributed by atoms with E-state index in [0.717, 1.165) is 6.07 Å². The monoisotopic (exact) mass is 261 g/mol. The third-order valence-corrected chi connectivity index (χ3v) is 2.37. The van der Waals surface area contributed by atoms with Crippen molar-refractivity contribution in [2.45, 2.75) is 6.92 Å². The molecule has 1 aromatic carbocycles. The topological polar surface area (TPSA) is 87.3 Å². The van der Waals surface area contributed by atoms with Crippen LogP contribution >= 0.6 is 0 Å². The average molecular weight is 261 g/mol. The molecule has 0 saturated carbocycles. The minimum absolute atomic E-state index is 0.0275. The molecule has 2 rings (SSSR count). The van der Waals surface area contributed by atoms with Crippen LogP contribution in [0.5, 0.6) is 0 Å². The maximum Gasteiger partial charge on any atom is 0.391 e. The number of aromatic nitrogens is 2. The van der Waals surface area contributed by atoms with Crippen LogP contribution in [0.3, 0.4) is 0 Å². The molecule has 0 aliphatic carbocycles. The van der Waals surface area contributed by atoms with Crippen molar-refractivity contribution in [3.8, 4) is 5.69 Å². The van der Waals surface area contributed by atoms with E-state index in [0.29, 0.717) is 5.69 Å². The first-order valence-electron chi connectivity index (χ1n) is 5.60. The van der Waals surface area contributed by atoms with E-state index in [2.05, 4.69) is 5.10 Å². The summed E-state index contributed by atoms with van der Waals surface area (Å²) in [5.74, 6) is -1.04. The first-order chi connectivity index (χ1) is 9.13. The van der Waals surface area contributed by atoms with Crippen molar-refractivity contribution < 1.29 is 14.5 Å². The van der Waals surface area contributed by atoms with E-state index in [4.69, 9.17) is 4.74 Å². The lowest BCUT2D eigenvalue weighted by Crippen LogP contribution is -2.11. The number of nitro groups is 1. The van der Waals surface area contributed by atoms with E-state index >= 15 is 0 Å². The summed E-state index contributed by atoms with van der Waals surface area (Å²) in [5.41, 5.74) is 0.582. The van der Waals surface area contributed by atoms with E-state index in [1.807, 2.05) is 0 Å². The van der Waals surface area contributed by atoms with Crippen LogP contribution in [0.1, 0.15) is 17.4 Å². The van der Waals surface area contributed by atoms with Crippen LogP contribution in [-0.4, -0.2) is 27.3 Å². The number of benzene rings is 1. The zero-order valence-electron chi connectivity index (χ0n) is 10.1. The molecule has 0 saturated heterocycles. The van der Waals surface area contributed by atoms with Gasteiger partial charge in [-0.05, 0) is 24.0 Å². The van der Waals surface area contributed by atoms with Crippen LogP contribution in [-0.2, 0) is 4.74 Å². The van der Waals surface area contributed by atoms with E-state index in [9.17, 15) is 14.9 Å². The van der Waals surface area contributed by atoms with Crippen LogP contribution in [0, 0.1) is 10.1 Å². The maximum absolute atomic E-state index is 11.8. The van der Waals surface area contributed by atoms with E-state index < -0.39 is 16.7 Å². The molecule has 0 aliphatic heterocycles. The normalized spacial score (nSPS) is 10.2. The number of esters is 1. The van der Waals surface area contributed by atoms with Crippen molar-refractivity contribution in [2.24, 2.45) is 0 Å². The van der Waals surface area contributed by atoms with Gasteiger partial charge in [-0.1, -0.05) is 18.2 Å². The highest BCUT2D eigenvalue weighted by molar-refractivity contribution is 5.88. The van der Waals surface area contributed by atoms with Crippen molar-refractivity contribution >= 4 is 11.8 Å². The van der Waals surface area contributed by atoms with Gasteiger partial charge in [0.2, 0.25) is 0 Å². The van der Waals surface area contributed by atoms with Crippen LogP contribution in [0.4, 0.5) is 5.82 Å². The molecule has 7 heteroatoms. The van der Waals surface area contributed by atoms with Gasteiger partial charge in [-0.2, -0.15) is 0 Å². The smallest absolute Gasteiger partial charge is 0.391 e. The Morgan fingerprint density at radius 3 is 2.68 bits per heavy atom. The molecular formula is C12H11N3O4. The lowest BCUT2D eigenvalue weighted by Gasteiger charge is -2.02. The fourth-order valence-corrected chi connectivity index (χ4v) is 1.57. The number of rotatable bonds is 4. The minimum Gasteiger partial charge on any atom is -0.461 e. The Labute approximate surface area is 108 Å². The summed E-state index contributed by atoms with van der Waals surface area (Å²) in [6.45, 7) is 1.85. The van der Waals surface area contributed by atoms with E-state index in [-0.39, 0.29) is 12.3 Å².